The van der Waals surface area contributed by atoms with Gasteiger partial charge in [-0.3, -0.25) is 0 Å². The van der Waals surface area contributed by atoms with Crippen LogP contribution in [0.1, 0.15) is 23.6 Å². The first kappa shape index (κ1) is 12.9. The molecule has 0 aliphatic heterocycles. The molecule has 1 heterocycles. The minimum absolute atomic E-state index is 0.269. The number of aryl methyl sites for hydroxylation is 1. The van der Waals surface area contributed by atoms with Gasteiger partial charge in [-0.1, -0.05) is 17.7 Å². The number of halogens is 1. The topological polar surface area (TPSA) is 50.9 Å². The fourth-order valence-electron chi connectivity index (χ4n) is 3.01. The molecule has 3 aromatic rings. The van der Waals surface area contributed by atoms with Gasteiger partial charge in [0.05, 0.1) is 27.0 Å². The number of benzene rings is 2. The number of rotatable bonds is 2. The number of thiazole rings is 1. The lowest BCUT2D eigenvalue weighted by Crippen LogP contribution is -2.08. The Bertz CT molecular complexity index is 828. The van der Waals surface area contributed by atoms with Crippen molar-refractivity contribution < 1.29 is 0 Å². The molecule has 0 radical (unpaired) electrons. The van der Waals surface area contributed by atoms with E-state index >= 15 is 0 Å². The summed E-state index contributed by atoms with van der Waals surface area (Å²) in [5, 5.41) is 4.31. The van der Waals surface area contributed by atoms with E-state index in [1.54, 1.807) is 11.3 Å². The highest BCUT2D eigenvalue weighted by molar-refractivity contribution is 7.16. The van der Waals surface area contributed by atoms with Crippen molar-refractivity contribution in [3.63, 3.8) is 0 Å². The van der Waals surface area contributed by atoms with Crippen LogP contribution >= 0.6 is 22.9 Å². The summed E-state index contributed by atoms with van der Waals surface area (Å²) in [6.45, 7) is 0. The summed E-state index contributed by atoms with van der Waals surface area (Å²) >= 11 is 8.00. The summed E-state index contributed by atoms with van der Waals surface area (Å²) in [7, 11) is 0. The molecule has 1 aliphatic carbocycles. The second kappa shape index (κ2) is 4.90. The van der Waals surface area contributed by atoms with E-state index in [9.17, 15) is 0 Å². The fourth-order valence-corrected chi connectivity index (χ4v) is 3.90. The Kier molecular flexibility index (Phi) is 3.01. The number of hydrogen-bond donors (Lipinski definition) is 2. The summed E-state index contributed by atoms with van der Waals surface area (Å²) in [5.41, 5.74) is 13.1. The van der Waals surface area contributed by atoms with E-state index < -0.39 is 0 Å². The van der Waals surface area contributed by atoms with Gasteiger partial charge >= 0.3 is 0 Å². The molecule has 1 aromatic heterocycles. The summed E-state index contributed by atoms with van der Waals surface area (Å²) in [4.78, 5) is 4.44. The molecule has 0 amide bonds. The van der Waals surface area contributed by atoms with Crippen molar-refractivity contribution in [1.29, 1.82) is 0 Å². The van der Waals surface area contributed by atoms with Gasteiger partial charge in [0.25, 0.3) is 0 Å². The van der Waals surface area contributed by atoms with Gasteiger partial charge in [0.15, 0.2) is 0 Å². The lowest BCUT2D eigenvalue weighted by atomic mass is 10.1. The molecule has 1 atom stereocenters. The van der Waals surface area contributed by atoms with Gasteiger partial charge in [0.2, 0.25) is 0 Å². The number of hydrogen-bond acceptors (Lipinski definition) is 4. The van der Waals surface area contributed by atoms with Crippen molar-refractivity contribution >= 4 is 44.5 Å². The highest BCUT2D eigenvalue weighted by atomic mass is 35.5. The molecule has 4 rings (SSSR count). The number of nitrogens with two attached hydrogens (primary N) is 1. The van der Waals surface area contributed by atoms with Gasteiger partial charge in [-0.05, 0) is 48.2 Å². The number of nitrogens with zero attached hydrogens (tertiary/aromatic N) is 1. The third-order valence-corrected chi connectivity index (χ3v) is 5.12. The van der Waals surface area contributed by atoms with Crippen LogP contribution in [0.5, 0.6) is 0 Å². The molecule has 0 spiro atoms. The van der Waals surface area contributed by atoms with Crippen LogP contribution in [0.3, 0.4) is 0 Å². The maximum Gasteiger partial charge on any atom is 0.106 e. The van der Waals surface area contributed by atoms with Crippen molar-refractivity contribution in [2.45, 2.75) is 18.9 Å². The van der Waals surface area contributed by atoms with Gasteiger partial charge in [0.1, 0.15) is 5.52 Å². The Labute approximate surface area is 131 Å². The van der Waals surface area contributed by atoms with Gasteiger partial charge < -0.3 is 11.1 Å². The number of anilines is 2. The fraction of sp³-hybridized carbons (Fsp3) is 0.188. The predicted octanol–water partition coefficient (Wildman–Crippen LogP) is 4.63. The van der Waals surface area contributed by atoms with Crippen LogP contribution in [0, 0.1) is 0 Å². The molecule has 1 unspecified atom stereocenters. The molecule has 2 aromatic carbocycles. The number of fused-ring (bicyclic) bond motifs is 2. The van der Waals surface area contributed by atoms with Crippen LogP contribution in [0.15, 0.2) is 35.8 Å². The van der Waals surface area contributed by atoms with Crippen molar-refractivity contribution in [2.24, 2.45) is 0 Å². The molecular weight excluding hydrogens is 302 g/mol. The monoisotopic (exact) mass is 315 g/mol. The minimum Gasteiger partial charge on any atom is -0.399 e. The molecule has 3 nitrogen and oxygen atoms in total. The Morgan fingerprint density at radius 2 is 2.19 bits per heavy atom. The summed E-state index contributed by atoms with van der Waals surface area (Å²) < 4.78 is 1.15. The minimum atomic E-state index is 0.269. The zero-order chi connectivity index (χ0) is 14.4. The third kappa shape index (κ3) is 2.15. The van der Waals surface area contributed by atoms with Crippen LogP contribution in [0.4, 0.5) is 11.4 Å². The van der Waals surface area contributed by atoms with Gasteiger partial charge in [-0.25, -0.2) is 4.98 Å². The van der Waals surface area contributed by atoms with E-state index in [0.717, 1.165) is 39.5 Å². The number of nitrogens with one attached hydrogen (secondary N) is 1. The summed E-state index contributed by atoms with van der Waals surface area (Å²) in [6, 6.07) is 10.4. The van der Waals surface area contributed by atoms with E-state index in [2.05, 4.69) is 22.4 Å². The van der Waals surface area contributed by atoms with Crippen molar-refractivity contribution in [3.8, 4) is 0 Å². The smallest absolute Gasteiger partial charge is 0.106 e. The number of aromatic nitrogens is 1. The molecular formula is C16H14ClN3S. The molecule has 0 bridgehead atoms. The average molecular weight is 316 g/mol. The van der Waals surface area contributed by atoms with Gasteiger partial charge in [-0.2, -0.15) is 0 Å². The van der Waals surface area contributed by atoms with Crippen molar-refractivity contribution in [3.05, 3.63) is 52.0 Å². The average Bonchev–Trinajstić information content (AvgIpc) is 3.08. The zero-order valence-electron chi connectivity index (χ0n) is 11.3. The van der Waals surface area contributed by atoms with Crippen LogP contribution < -0.4 is 11.1 Å². The molecule has 21 heavy (non-hydrogen) atoms. The first-order valence-corrected chi connectivity index (χ1v) is 8.14. The first-order chi connectivity index (χ1) is 10.2. The molecule has 1 aliphatic rings. The van der Waals surface area contributed by atoms with Crippen molar-refractivity contribution in [2.75, 3.05) is 11.1 Å². The molecule has 106 valence electrons. The molecule has 5 heteroatoms. The lowest BCUT2D eigenvalue weighted by molar-refractivity contribution is 0.763. The molecule has 0 saturated heterocycles. The van der Waals surface area contributed by atoms with E-state index in [1.807, 2.05) is 23.7 Å². The largest absolute Gasteiger partial charge is 0.399 e. The van der Waals surface area contributed by atoms with Crippen LogP contribution in [0.25, 0.3) is 10.2 Å². The van der Waals surface area contributed by atoms with E-state index in [4.69, 9.17) is 17.3 Å². The van der Waals surface area contributed by atoms with E-state index in [-0.39, 0.29) is 6.04 Å². The normalized spacial score (nSPS) is 17.1. The molecule has 0 saturated carbocycles. The highest BCUT2D eigenvalue weighted by Crippen LogP contribution is 2.39. The summed E-state index contributed by atoms with van der Waals surface area (Å²) in [5.74, 6) is 0. The summed E-state index contributed by atoms with van der Waals surface area (Å²) in [6.07, 6.45) is 2.10. The maximum atomic E-state index is 6.37. The molecule has 0 fully saturated rings. The third-order valence-electron chi connectivity index (χ3n) is 4.01. The van der Waals surface area contributed by atoms with Crippen LogP contribution in [-0.4, -0.2) is 4.98 Å². The quantitative estimate of drug-likeness (QED) is 0.678. The second-order valence-corrected chi connectivity index (χ2v) is 6.61. The Morgan fingerprint density at radius 1 is 1.29 bits per heavy atom. The van der Waals surface area contributed by atoms with E-state index in [0.29, 0.717) is 0 Å². The van der Waals surface area contributed by atoms with Crippen LogP contribution in [0.2, 0.25) is 5.02 Å². The lowest BCUT2D eigenvalue weighted by Gasteiger charge is -2.17. The SMILES string of the molecule is Nc1ccc2c(c1)CCC2Nc1c(Cl)ccc2scnc12. The Morgan fingerprint density at radius 3 is 3.10 bits per heavy atom. The first-order valence-electron chi connectivity index (χ1n) is 6.89. The Hall–Kier alpha value is -1.78. The van der Waals surface area contributed by atoms with Crippen LogP contribution in [-0.2, 0) is 6.42 Å². The number of nitrogen functional groups attached to an aromatic ring is 1. The van der Waals surface area contributed by atoms with Gasteiger partial charge in [0, 0.05) is 5.69 Å². The van der Waals surface area contributed by atoms with E-state index in [1.165, 1.54) is 11.1 Å². The van der Waals surface area contributed by atoms with Gasteiger partial charge in [-0.15, -0.1) is 11.3 Å². The standard InChI is InChI=1S/C16H14ClN3S/c17-12-4-6-14-16(19-8-21-14)15(12)20-13-5-1-9-7-10(18)2-3-11(9)13/h2-4,6-8,13,20H,1,5,18H2. The highest BCUT2D eigenvalue weighted by Gasteiger charge is 2.24. The maximum absolute atomic E-state index is 6.37. The molecule has 3 N–H and O–H groups in total. The van der Waals surface area contributed by atoms with Crippen molar-refractivity contribution in [1.82, 2.24) is 4.98 Å². The Balaban J connectivity index is 1.74. The zero-order valence-corrected chi connectivity index (χ0v) is 12.8. The predicted molar refractivity (Wildman–Crippen MR) is 90.2 cm³/mol. The second-order valence-electron chi connectivity index (χ2n) is 5.32.